The highest BCUT2D eigenvalue weighted by molar-refractivity contribution is 5.86. The van der Waals surface area contributed by atoms with Crippen molar-refractivity contribution in [1.82, 2.24) is 14.1 Å². The smallest absolute Gasteiger partial charge is 0.412 e. The van der Waals surface area contributed by atoms with Crippen LogP contribution in [0.3, 0.4) is 0 Å². The first-order chi connectivity index (χ1) is 17.7. The second-order valence-corrected chi connectivity index (χ2v) is 9.91. The van der Waals surface area contributed by atoms with Crippen LogP contribution in [0.5, 0.6) is 0 Å². The van der Waals surface area contributed by atoms with Crippen molar-refractivity contribution < 1.29 is 9.53 Å². The van der Waals surface area contributed by atoms with Gasteiger partial charge in [-0.3, -0.25) is 19.4 Å². The van der Waals surface area contributed by atoms with Gasteiger partial charge in [-0.1, -0.05) is 48.0 Å². The molecule has 0 saturated heterocycles. The van der Waals surface area contributed by atoms with E-state index in [-0.39, 0.29) is 5.69 Å². The fourth-order valence-corrected chi connectivity index (χ4v) is 4.32. The minimum atomic E-state index is -0.617. The summed E-state index contributed by atoms with van der Waals surface area (Å²) in [5.74, 6) is 0. The Kier molecular flexibility index (Phi) is 6.13. The van der Waals surface area contributed by atoms with Crippen molar-refractivity contribution in [2.45, 2.75) is 33.3 Å². The fourth-order valence-electron chi connectivity index (χ4n) is 4.32. The second-order valence-electron chi connectivity index (χ2n) is 9.91. The Hall–Kier alpha value is -4.65. The third-order valence-corrected chi connectivity index (χ3v) is 5.87. The zero-order valence-corrected chi connectivity index (χ0v) is 21.2. The van der Waals surface area contributed by atoms with E-state index in [4.69, 9.17) is 4.74 Å². The molecule has 5 aromatic rings. The quantitative estimate of drug-likeness (QED) is 0.311. The van der Waals surface area contributed by atoms with Gasteiger partial charge in [-0.15, -0.1) is 0 Å². The summed E-state index contributed by atoms with van der Waals surface area (Å²) in [6.07, 6.45) is 2.79. The van der Waals surface area contributed by atoms with Gasteiger partial charge in [0.05, 0.1) is 28.6 Å². The molecule has 1 amide bonds. The zero-order valence-electron chi connectivity index (χ0n) is 21.2. The van der Waals surface area contributed by atoms with Crippen LogP contribution >= 0.6 is 0 Å². The molecule has 0 spiro atoms. The maximum atomic E-state index is 13.8. The maximum Gasteiger partial charge on any atom is 0.412 e. The summed E-state index contributed by atoms with van der Waals surface area (Å²) in [5, 5.41) is 2.74. The Morgan fingerprint density at radius 2 is 1.57 bits per heavy atom. The molecule has 3 aromatic carbocycles. The monoisotopic (exact) mass is 492 g/mol. The molecule has 0 radical (unpaired) electrons. The summed E-state index contributed by atoms with van der Waals surface area (Å²) >= 11 is 0. The molecular formula is C30H28N4O3. The number of hydrogen-bond acceptors (Lipinski definition) is 4. The molecular weight excluding hydrogens is 464 g/mol. The van der Waals surface area contributed by atoms with Gasteiger partial charge in [-0.2, -0.15) is 0 Å². The standard InChI is InChI=1S/C30H28N4O3/c1-20-7-5-8-22(17-20)21-11-13-24(14-12-21)33-27-19-31-16-15-26(27)34(29(33)36)25-10-6-9-23(18-25)32-28(35)37-30(2,3)4/h5-19H,1-4H3,(H,32,35). The van der Waals surface area contributed by atoms with Crippen LogP contribution in [0.15, 0.2) is 96.1 Å². The van der Waals surface area contributed by atoms with Gasteiger partial charge in [0.1, 0.15) is 5.60 Å². The number of rotatable bonds is 4. The van der Waals surface area contributed by atoms with Crippen LogP contribution in [0, 0.1) is 6.92 Å². The first kappa shape index (κ1) is 24.1. The number of carbonyl (C=O) groups excluding carboxylic acids is 1. The number of aromatic nitrogens is 3. The lowest BCUT2D eigenvalue weighted by Crippen LogP contribution is -2.27. The van der Waals surface area contributed by atoms with Gasteiger partial charge >= 0.3 is 11.8 Å². The van der Waals surface area contributed by atoms with Crippen LogP contribution in [0.25, 0.3) is 33.5 Å². The Morgan fingerprint density at radius 3 is 2.30 bits per heavy atom. The molecule has 2 aromatic heterocycles. The highest BCUT2D eigenvalue weighted by atomic mass is 16.6. The van der Waals surface area contributed by atoms with E-state index in [9.17, 15) is 9.59 Å². The number of imidazole rings is 1. The molecule has 37 heavy (non-hydrogen) atoms. The number of aryl methyl sites for hydroxylation is 1. The van der Waals surface area contributed by atoms with Gasteiger partial charge in [0, 0.05) is 11.9 Å². The second kappa shape index (κ2) is 9.43. The molecule has 0 aliphatic rings. The van der Waals surface area contributed by atoms with E-state index >= 15 is 0 Å². The van der Waals surface area contributed by atoms with Gasteiger partial charge in [0.25, 0.3) is 0 Å². The Balaban J connectivity index is 1.55. The lowest BCUT2D eigenvalue weighted by molar-refractivity contribution is 0.0636. The van der Waals surface area contributed by atoms with Crippen LogP contribution in [0.2, 0.25) is 0 Å². The largest absolute Gasteiger partial charge is 0.444 e. The lowest BCUT2D eigenvalue weighted by atomic mass is 10.0. The van der Waals surface area contributed by atoms with Gasteiger partial charge in [-0.05, 0) is 75.2 Å². The molecule has 0 aliphatic carbocycles. The van der Waals surface area contributed by atoms with E-state index in [1.165, 1.54) is 5.56 Å². The molecule has 7 nitrogen and oxygen atoms in total. The van der Waals surface area contributed by atoms with Crippen molar-refractivity contribution in [2.24, 2.45) is 0 Å². The minimum Gasteiger partial charge on any atom is -0.444 e. The normalized spacial score (nSPS) is 11.5. The van der Waals surface area contributed by atoms with Crippen molar-refractivity contribution >= 4 is 22.8 Å². The molecule has 0 saturated carbocycles. The zero-order chi connectivity index (χ0) is 26.2. The summed E-state index contributed by atoms with van der Waals surface area (Å²) in [4.78, 5) is 30.3. The number of amides is 1. The number of ether oxygens (including phenoxy) is 1. The first-order valence-electron chi connectivity index (χ1n) is 12.0. The van der Waals surface area contributed by atoms with Crippen molar-refractivity contribution in [3.05, 3.63) is 107 Å². The summed E-state index contributed by atoms with van der Waals surface area (Å²) in [6, 6.07) is 25.1. The number of benzene rings is 3. The minimum absolute atomic E-state index is 0.235. The van der Waals surface area contributed by atoms with Gasteiger partial charge < -0.3 is 4.74 Å². The summed E-state index contributed by atoms with van der Waals surface area (Å²) in [7, 11) is 0. The summed E-state index contributed by atoms with van der Waals surface area (Å²) in [6.45, 7) is 7.48. The van der Waals surface area contributed by atoms with E-state index in [1.54, 1.807) is 60.5 Å². The molecule has 186 valence electrons. The lowest BCUT2D eigenvalue weighted by Gasteiger charge is -2.19. The Bertz CT molecular complexity index is 1660. The van der Waals surface area contributed by atoms with Crippen molar-refractivity contribution in [2.75, 3.05) is 5.32 Å². The number of nitrogens with one attached hydrogen (secondary N) is 1. The highest BCUT2D eigenvalue weighted by Crippen LogP contribution is 2.25. The first-order valence-corrected chi connectivity index (χ1v) is 12.0. The predicted molar refractivity (Wildman–Crippen MR) is 147 cm³/mol. The van der Waals surface area contributed by atoms with E-state index in [0.29, 0.717) is 22.4 Å². The van der Waals surface area contributed by atoms with E-state index in [0.717, 1.165) is 16.8 Å². The molecule has 0 atom stereocenters. The van der Waals surface area contributed by atoms with Crippen molar-refractivity contribution in [1.29, 1.82) is 0 Å². The molecule has 0 unspecified atom stereocenters. The van der Waals surface area contributed by atoms with Crippen molar-refractivity contribution in [3.8, 4) is 22.5 Å². The fraction of sp³-hybridized carbons (Fsp3) is 0.167. The third-order valence-electron chi connectivity index (χ3n) is 5.87. The van der Waals surface area contributed by atoms with Gasteiger partial charge in [0.2, 0.25) is 0 Å². The summed E-state index contributed by atoms with van der Waals surface area (Å²) < 4.78 is 8.63. The summed E-state index contributed by atoms with van der Waals surface area (Å²) in [5.41, 5.74) is 5.80. The van der Waals surface area contributed by atoms with E-state index < -0.39 is 11.7 Å². The van der Waals surface area contributed by atoms with E-state index in [1.807, 2.05) is 42.5 Å². The Labute approximate surface area is 215 Å². The Morgan fingerprint density at radius 1 is 0.838 bits per heavy atom. The average Bonchev–Trinajstić information content (AvgIpc) is 3.15. The number of anilines is 1. The molecule has 7 heteroatoms. The number of hydrogen-bond donors (Lipinski definition) is 1. The molecule has 0 fully saturated rings. The molecule has 0 aliphatic heterocycles. The third kappa shape index (κ3) is 5.02. The van der Waals surface area contributed by atoms with Gasteiger partial charge in [-0.25, -0.2) is 9.59 Å². The molecule has 1 N–H and O–H groups in total. The number of pyridine rings is 1. The van der Waals surface area contributed by atoms with Crippen LogP contribution in [-0.2, 0) is 4.74 Å². The number of carbonyl (C=O) groups is 1. The van der Waals surface area contributed by atoms with Gasteiger partial charge in [0.15, 0.2) is 0 Å². The number of fused-ring (bicyclic) bond motifs is 1. The van der Waals surface area contributed by atoms with Crippen LogP contribution in [0.1, 0.15) is 26.3 Å². The highest BCUT2D eigenvalue weighted by Gasteiger charge is 2.18. The van der Waals surface area contributed by atoms with Crippen LogP contribution in [-0.4, -0.2) is 25.8 Å². The average molecular weight is 493 g/mol. The molecule has 2 heterocycles. The topological polar surface area (TPSA) is 78.2 Å². The molecule has 0 bridgehead atoms. The number of nitrogens with zero attached hydrogens (tertiary/aromatic N) is 3. The van der Waals surface area contributed by atoms with Crippen LogP contribution in [0.4, 0.5) is 10.5 Å². The van der Waals surface area contributed by atoms with Crippen LogP contribution < -0.4 is 11.0 Å². The SMILES string of the molecule is Cc1cccc(-c2ccc(-n3c(=O)n(-c4cccc(NC(=O)OC(C)(C)C)c4)c4ccncc43)cc2)c1. The molecule has 5 rings (SSSR count). The van der Waals surface area contributed by atoms with Crippen molar-refractivity contribution in [3.63, 3.8) is 0 Å². The predicted octanol–water partition coefficient (Wildman–Crippen LogP) is 6.50. The maximum absolute atomic E-state index is 13.8. The van der Waals surface area contributed by atoms with E-state index in [2.05, 4.69) is 35.4 Å².